The number of nitrogens with zero attached hydrogens (tertiary/aromatic N) is 2. The van der Waals surface area contributed by atoms with Crippen LogP contribution in [0.4, 0.5) is 5.82 Å². The minimum absolute atomic E-state index is 0.786. The Morgan fingerprint density at radius 1 is 1.21 bits per heavy atom. The Hall–Kier alpha value is -0.820. The van der Waals surface area contributed by atoms with Crippen molar-refractivity contribution in [2.45, 2.75) is 18.2 Å². The largest absolute Gasteiger partial charge is 0.372 e. The minimum Gasteiger partial charge on any atom is -0.372 e. The van der Waals surface area contributed by atoms with Gasteiger partial charge in [-0.25, -0.2) is 9.97 Å². The summed E-state index contributed by atoms with van der Waals surface area (Å²) in [6, 6.07) is 8.36. The van der Waals surface area contributed by atoms with E-state index in [9.17, 15) is 0 Å². The first-order valence-corrected chi connectivity index (χ1v) is 8.38. The third-order valence-electron chi connectivity index (χ3n) is 2.84. The summed E-state index contributed by atoms with van der Waals surface area (Å²) in [7, 11) is 1.89. The molecule has 0 fully saturated rings. The first-order valence-electron chi connectivity index (χ1n) is 6.08. The molecule has 0 aliphatic rings. The molecule has 3 nitrogen and oxygen atoms in total. The maximum Gasteiger partial charge on any atom is 0.161 e. The Morgan fingerprint density at radius 2 is 1.89 bits per heavy atom. The average molecular weight is 385 g/mol. The van der Waals surface area contributed by atoms with Gasteiger partial charge >= 0.3 is 0 Å². The molecule has 1 aromatic heterocycles. The zero-order chi connectivity index (χ0) is 13.8. The standard InChI is InChI=1S/C14H16IN3S/c1-4-11-12(15)14(16-2)18-13(17-11)9-5-7-10(19-3)8-6-9/h5-8H,4H2,1-3H3,(H,16,17,18). The minimum atomic E-state index is 0.786. The Balaban J connectivity index is 2.48. The van der Waals surface area contributed by atoms with Crippen molar-refractivity contribution in [3.63, 3.8) is 0 Å². The van der Waals surface area contributed by atoms with Gasteiger partial charge in [-0.1, -0.05) is 19.1 Å². The summed E-state index contributed by atoms with van der Waals surface area (Å²) in [6.07, 6.45) is 2.98. The van der Waals surface area contributed by atoms with E-state index in [2.05, 4.69) is 75.3 Å². The van der Waals surface area contributed by atoms with E-state index in [1.54, 1.807) is 11.8 Å². The van der Waals surface area contributed by atoms with Gasteiger partial charge in [0, 0.05) is 17.5 Å². The van der Waals surface area contributed by atoms with Crippen LogP contribution in [0.25, 0.3) is 11.4 Å². The zero-order valence-electron chi connectivity index (χ0n) is 11.2. The number of hydrogen-bond acceptors (Lipinski definition) is 4. The Bertz CT molecular complexity index is 544. The highest BCUT2D eigenvalue weighted by Crippen LogP contribution is 2.25. The zero-order valence-corrected chi connectivity index (χ0v) is 14.2. The fourth-order valence-corrected chi connectivity index (χ4v) is 3.06. The maximum absolute atomic E-state index is 4.66. The molecule has 0 atom stereocenters. The van der Waals surface area contributed by atoms with Crippen LogP contribution in [0.3, 0.4) is 0 Å². The lowest BCUT2D eigenvalue weighted by molar-refractivity contribution is 0.989. The lowest BCUT2D eigenvalue weighted by atomic mass is 10.2. The fourth-order valence-electron chi connectivity index (χ4n) is 1.76. The lowest BCUT2D eigenvalue weighted by Crippen LogP contribution is -2.04. The Kier molecular flexibility index (Phi) is 5.04. The van der Waals surface area contributed by atoms with Crippen LogP contribution in [-0.4, -0.2) is 23.3 Å². The third-order valence-corrected chi connectivity index (χ3v) is 4.72. The molecule has 5 heteroatoms. The third kappa shape index (κ3) is 3.20. The van der Waals surface area contributed by atoms with E-state index < -0.39 is 0 Å². The van der Waals surface area contributed by atoms with Gasteiger partial charge in [0.2, 0.25) is 0 Å². The second kappa shape index (κ2) is 6.56. The van der Waals surface area contributed by atoms with Crippen molar-refractivity contribution >= 4 is 40.2 Å². The number of benzene rings is 1. The summed E-state index contributed by atoms with van der Waals surface area (Å²) < 4.78 is 1.10. The number of rotatable bonds is 4. The van der Waals surface area contributed by atoms with Crippen LogP contribution in [0.5, 0.6) is 0 Å². The number of aryl methyl sites for hydroxylation is 1. The van der Waals surface area contributed by atoms with E-state index in [-0.39, 0.29) is 0 Å². The van der Waals surface area contributed by atoms with Crippen molar-refractivity contribution in [2.24, 2.45) is 0 Å². The molecule has 2 rings (SSSR count). The van der Waals surface area contributed by atoms with E-state index in [1.165, 1.54) is 4.90 Å². The average Bonchev–Trinajstić information content (AvgIpc) is 2.47. The van der Waals surface area contributed by atoms with Crippen molar-refractivity contribution < 1.29 is 0 Å². The summed E-state index contributed by atoms with van der Waals surface area (Å²) in [4.78, 5) is 10.5. The second-order valence-electron chi connectivity index (χ2n) is 3.99. The molecule has 0 unspecified atom stereocenters. The SMILES string of the molecule is CCc1nc(-c2ccc(SC)cc2)nc(NC)c1I. The lowest BCUT2D eigenvalue weighted by Gasteiger charge is -2.10. The Morgan fingerprint density at radius 3 is 2.42 bits per heavy atom. The molecule has 0 aliphatic heterocycles. The molecule has 0 radical (unpaired) electrons. The van der Waals surface area contributed by atoms with E-state index in [4.69, 9.17) is 0 Å². The molecule has 0 aliphatic carbocycles. The highest BCUT2D eigenvalue weighted by Gasteiger charge is 2.11. The fraction of sp³-hybridized carbons (Fsp3) is 0.286. The topological polar surface area (TPSA) is 37.8 Å². The van der Waals surface area contributed by atoms with Crippen molar-refractivity contribution in [1.29, 1.82) is 0 Å². The summed E-state index contributed by atoms with van der Waals surface area (Å²) in [5.74, 6) is 1.69. The first kappa shape index (κ1) is 14.6. The molecule has 19 heavy (non-hydrogen) atoms. The van der Waals surface area contributed by atoms with Gasteiger partial charge in [0.05, 0.1) is 9.26 Å². The van der Waals surface area contributed by atoms with E-state index in [1.807, 2.05) is 7.05 Å². The predicted octanol–water partition coefficient (Wildman–Crippen LogP) is 4.07. The number of anilines is 1. The quantitative estimate of drug-likeness (QED) is 0.636. The van der Waals surface area contributed by atoms with Crippen LogP contribution >= 0.6 is 34.4 Å². The monoisotopic (exact) mass is 385 g/mol. The molecule has 0 saturated heterocycles. The molecular formula is C14H16IN3S. The molecule has 0 saturated carbocycles. The molecular weight excluding hydrogens is 369 g/mol. The molecule has 1 N–H and O–H groups in total. The number of thioether (sulfide) groups is 1. The van der Waals surface area contributed by atoms with Crippen LogP contribution in [0.1, 0.15) is 12.6 Å². The van der Waals surface area contributed by atoms with Gasteiger partial charge < -0.3 is 5.32 Å². The predicted molar refractivity (Wildman–Crippen MR) is 90.9 cm³/mol. The van der Waals surface area contributed by atoms with Gasteiger partial charge in [-0.05, 0) is 47.4 Å². The van der Waals surface area contributed by atoms with Crippen LogP contribution < -0.4 is 5.32 Å². The summed E-state index contributed by atoms with van der Waals surface area (Å²) in [5, 5.41) is 3.14. The summed E-state index contributed by atoms with van der Waals surface area (Å²) >= 11 is 4.03. The number of nitrogens with one attached hydrogen (secondary N) is 1. The van der Waals surface area contributed by atoms with Crippen molar-refractivity contribution in [3.05, 3.63) is 33.5 Å². The van der Waals surface area contributed by atoms with Crippen molar-refractivity contribution in [2.75, 3.05) is 18.6 Å². The number of aromatic nitrogens is 2. The number of halogens is 1. The van der Waals surface area contributed by atoms with Gasteiger partial charge in [0.15, 0.2) is 5.82 Å². The molecule has 1 heterocycles. The van der Waals surface area contributed by atoms with Crippen molar-refractivity contribution in [3.8, 4) is 11.4 Å². The first-order chi connectivity index (χ1) is 9.19. The van der Waals surface area contributed by atoms with Gasteiger partial charge in [0.25, 0.3) is 0 Å². The Labute approximate surface area is 131 Å². The maximum atomic E-state index is 4.66. The second-order valence-corrected chi connectivity index (χ2v) is 5.95. The van der Waals surface area contributed by atoms with Gasteiger partial charge in [-0.2, -0.15) is 0 Å². The normalized spacial score (nSPS) is 10.5. The summed E-state index contributed by atoms with van der Waals surface area (Å²) in [5.41, 5.74) is 2.14. The van der Waals surface area contributed by atoms with E-state index in [0.29, 0.717) is 0 Å². The molecule has 0 bridgehead atoms. The smallest absolute Gasteiger partial charge is 0.161 e. The van der Waals surface area contributed by atoms with Gasteiger partial charge in [-0.3, -0.25) is 0 Å². The van der Waals surface area contributed by atoms with Gasteiger partial charge in [-0.15, -0.1) is 11.8 Å². The van der Waals surface area contributed by atoms with E-state index in [0.717, 1.165) is 32.9 Å². The molecule has 0 spiro atoms. The highest BCUT2D eigenvalue weighted by molar-refractivity contribution is 14.1. The van der Waals surface area contributed by atoms with Crippen LogP contribution in [0.15, 0.2) is 29.2 Å². The van der Waals surface area contributed by atoms with Crippen LogP contribution in [0, 0.1) is 3.57 Å². The van der Waals surface area contributed by atoms with Crippen LogP contribution in [0.2, 0.25) is 0 Å². The molecule has 0 amide bonds. The van der Waals surface area contributed by atoms with E-state index >= 15 is 0 Å². The van der Waals surface area contributed by atoms with Gasteiger partial charge in [0.1, 0.15) is 5.82 Å². The van der Waals surface area contributed by atoms with Crippen LogP contribution in [-0.2, 0) is 6.42 Å². The molecule has 100 valence electrons. The summed E-state index contributed by atoms with van der Waals surface area (Å²) in [6.45, 7) is 2.12. The highest BCUT2D eigenvalue weighted by atomic mass is 127. The molecule has 2 aromatic rings. The van der Waals surface area contributed by atoms with Crippen molar-refractivity contribution in [1.82, 2.24) is 9.97 Å². The number of hydrogen-bond donors (Lipinski definition) is 1. The molecule has 1 aromatic carbocycles.